The Bertz CT molecular complexity index is 1080. The number of carbonyl (C=O) groups excluding carboxylic acids is 1. The molecule has 0 bridgehead atoms. The maximum absolute atomic E-state index is 12.2. The molecule has 4 rings (SSSR count). The third-order valence-corrected chi connectivity index (χ3v) is 5.41. The van der Waals surface area contributed by atoms with Gasteiger partial charge in [0.1, 0.15) is 11.6 Å². The number of nitrogens with one attached hydrogen (secondary N) is 1. The number of benzene rings is 1. The van der Waals surface area contributed by atoms with Gasteiger partial charge in [0, 0.05) is 28.8 Å². The molecule has 2 heterocycles. The molecule has 1 fully saturated rings. The van der Waals surface area contributed by atoms with Gasteiger partial charge in [0.05, 0.1) is 5.69 Å². The van der Waals surface area contributed by atoms with Crippen LogP contribution in [0.15, 0.2) is 30.5 Å². The molecule has 1 aliphatic rings. The fraction of sp³-hybridized carbons (Fsp3) is 0.286. The van der Waals surface area contributed by atoms with Crippen LogP contribution in [-0.2, 0) is 4.79 Å². The second-order valence-corrected chi connectivity index (χ2v) is 7.46. The molecule has 27 heavy (non-hydrogen) atoms. The van der Waals surface area contributed by atoms with Crippen molar-refractivity contribution in [1.82, 2.24) is 9.97 Å². The van der Waals surface area contributed by atoms with Gasteiger partial charge < -0.3 is 16.8 Å². The van der Waals surface area contributed by atoms with E-state index in [0.717, 1.165) is 45.3 Å². The van der Waals surface area contributed by atoms with Gasteiger partial charge in [-0.2, -0.15) is 0 Å². The SMILES string of the molecule is Cc1ccc(N)c(C)c1-c1cc2cc(NC(=O)[C@@H]3C[C@H]3C)ncc2c(N)n1. The standard InChI is InChI=1S/C21H23N5O/c1-10-4-5-16(22)12(3)19(10)17-7-13-8-18(24-9-15(13)20(23)25-17)26-21(27)14-6-11(14)2/h4-5,7-9,11,14H,6,22H2,1-3H3,(H2,23,25)(H,24,26,27)/t11-,14-/m1/s1. The number of hydrogen-bond acceptors (Lipinski definition) is 5. The molecule has 6 heteroatoms. The molecule has 1 aliphatic carbocycles. The molecule has 138 valence electrons. The van der Waals surface area contributed by atoms with Gasteiger partial charge in [-0.1, -0.05) is 13.0 Å². The van der Waals surface area contributed by atoms with E-state index in [2.05, 4.69) is 22.2 Å². The zero-order valence-corrected chi connectivity index (χ0v) is 15.7. The summed E-state index contributed by atoms with van der Waals surface area (Å²) in [5.74, 6) is 1.51. The van der Waals surface area contributed by atoms with Crippen molar-refractivity contribution in [2.24, 2.45) is 11.8 Å². The fourth-order valence-electron chi connectivity index (χ4n) is 3.53. The van der Waals surface area contributed by atoms with E-state index in [1.165, 1.54) is 0 Å². The average molecular weight is 361 g/mol. The molecule has 1 saturated carbocycles. The number of nitrogens with zero attached hydrogens (tertiary/aromatic N) is 2. The third-order valence-electron chi connectivity index (χ3n) is 5.41. The lowest BCUT2D eigenvalue weighted by Crippen LogP contribution is -2.15. The highest BCUT2D eigenvalue weighted by Gasteiger charge is 2.39. The number of nitrogens with two attached hydrogens (primary N) is 2. The fourth-order valence-corrected chi connectivity index (χ4v) is 3.53. The van der Waals surface area contributed by atoms with Crippen LogP contribution >= 0.6 is 0 Å². The third kappa shape index (κ3) is 3.07. The van der Waals surface area contributed by atoms with Gasteiger partial charge >= 0.3 is 0 Å². The quantitative estimate of drug-likeness (QED) is 0.617. The highest BCUT2D eigenvalue weighted by molar-refractivity contribution is 5.98. The molecule has 0 spiro atoms. The largest absolute Gasteiger partial charge is 0.398 e. The molecule has 2 aromatic heterocycles. The van der Waals surface area contributed by atoms with Gasteiger partial charge in [-0.15, -0.1) is 0 Å². The lowest BCUT2D eigenvalue weighted by atomic mass is 9.97. The molecule has 1 amide bonds. The second kappa shape index (κ2) is 6.23. The van der Waals surface area contributed by atoms with Gasteiger partial charge in [0.25, 0.3) is 0 Å². The predicted octanol–water partition coefficient (Wildman–Crippen LogP) is 3.67. The molecule has 0 saturated heterocycles. The van der Waals surface area contributed by atoms with Crippen LogP contribution in [0.4, 0.5) is 17.3 Å². The Hall–Kier alpha value is -3.15. The lowest BCUT2D eigenvalue weighted by Gasteiger charge is -2.14. The number of carbonyl (C=O) groups is 1. The van der Waals surface area contributed by atoms with Crippen molar-refractivity contribution < 1.29 is 4.79 Å². The molecule has 1 aromatic carbocycles. The molecular formula is C21H23N5O. The monoisotopic (exact) mass is 361 g/mol. The van der Waals surface area contributed by atoms with Crippen LogP contribution in [-0.4, -0.2) is 15.9 Å². The Kier molecular flexibility index (Phi) is 3.98. The van der Waals surface area contributed by atoms with E-state index in [0.29, 0.717) is 17.6 Å². The molecule has 0 aliphatic heterocycles. The number of hydrogen-bond donors (Lipinski definition) is 3. The van der Waals surface area contributed by atoms with Crippen LogP contribution in [0, 0.1) is 25.7 Å². The topological polar surface area (TPSA) is 107 Å². The van der Waals surface area contributed by atoms with Gasteiger partial charge in [-0.25, -0.2) is 9.97 Å². The Balaban J connectivity index is 1.78. The van der Waals surface area contributed by atoms with Gasteiger partial charge in [0.15, 0.2) is 0 Å². The average Bonchev–Trinajstić information content (AvgIpc) is 3.35. The first-order chi connectivity index (χ1) is 12.8. The van der Waals surface area contributed by atoms with Gasteiger partial charge in [-0.3, -0.25) is 4.79 Å². The maximum atomic E-state index is 12.2. The number of aromatic nitrogens is 2. The number of nitrogen functional groups attached to an aromatic ring is 2. The van der Waals surface area contributed by atoms with Crippen molar-refractivity contribution in [1.29, 1.82) is 0 Å². The summed E-state index contributed by atoms with van der Waals surface area (Å²) >= 11 is 0. The summed E-state index contributed by atoms with van der Waals surface area (Å²) in [6.07, 6.45) is 2.60. The summed E-state index contributed by atoms with van der Waals surface area (Å²) in [7, 11) is 0. The van der Waals surface area contributed by atoms with Crippen LogP contribution < -0.4 is 16.8 Å². The molecular weight excluding hydrogens is 338 g/mol. The van der Waals surface area contributed by atoms with Crippen molar-refractivity contribution in [3.05, 3.63) is 41.6 Å². The van der Waals surface area contributed by atoms with Crippen LogP contribution in [0.25, 0.3) is 22.0 Å². The smallest absolute Gasteiger partial charge is 0.228 e. The van der Waals surface area contributed by atoms with E-state index >= 15 is 0 Å². The first kappa shape index (κ1) is 17.3. The summed E-state index contributed by atoms with van der Waals surface area (Å²) in [5, 5.41) is 4.55. The lowest BCUT2D eigenvalue weighted by molar-refractivity contribution is -0.117. The zero-order valence-electron chi connectivity index (χ0n) is 15.7. The van der Waals surface area contributed by atoms with Crippen LogP contribution in [0.5, 0.6) is 0 Å². The molecule has 3 aromatic rings. The summed E-state index contributed by atoms with van der Waals surface area (Å²) in [4.78, 5) is 21.1. The number of fused-ring (bicyclic) bond motifs is 1. The van der Waals surface area contributed by atoms with Crippen molar-refractivity contribution in [2.45, 2.75) is 27.2 Å². The highest BCUT2D eigenvalue weighted by atomic mass is 16.2. The Labute approximate surface area is 158 Å². The highest BCUT2D eigenvalue weighted by Crippen LogP contribution is 2.38. The van der Waals surface area contributed by atoms with E-state index in [9.17, 15) is 4.79 Å². The number of aryl methyl sites for hydroxylation is 1. The van der Waals surface area contributed by atoms with E-state index < -0.39 is 0 Å². The minimum absolute atomic E-state index is 0.0270. The van der Waals surface area contributed by atoms with Crippen molar-refractivity contribution >= 4 is 34.0 Å². The minimum atomic E-state index is 0.0270. The summed E-state index contributed by atoms with van der Waals surface area (Å²) in [6, 6.07) is 7.69. The zero-order chi connectivity index (χ0) is 19.3. The van der Waals surface area contributed by atoms with Crippen LogP contribution in [0.2, 0.25) is 0 Å². The number of anilines is 3. The Morgan fingerprint density at radius 3 is 2.67 bits per heavy atom. The van der Waals surface area contributed by atoms with Crippen molar-refractivity contribution in [2.75, 3.05) is 16.8 Å². The van der Waals surface area contributed by atoms with Gasteiger partial charge in [0.2, 0.25) is 5.91 Å². The minimum Gasteiger partial charge on any atom is -0.398 e. The van der Waals surface area contributed by atoms with E-state index in [1.54, 1.807) is 6.20 Å². The van der Waals surface area contributed by atoms with Crippen molar-refractivity contribution in [3.63, 3.8) is 0 Å². The van der Waals surface area contributed by atoms with Crippen molar-refractivity contribution in [3.8, 4) is 11.3 Å². The van der Waals surface area contributed by atoms with Crippen LogP contribution in [0.3, 0.4) is 0 Å². The summed E-state index contributed by atoms with van der Waals surface area (Å²) in [6.45, 7) is 6.08. The first-order valence-corrected chi connectivity index (χ1v) is 9.08. The summed E-state index contributed by atoms with van der Waals surface area (Å²) in [5.41, 5.74) is 16.8. The van der Waals surface area contributed by atoms with E-state index in [4.69, 9.17) is 11.5 Å². The maximum Gasteiger partial charge on any atom is 0.228 e. The molecule has 6 nitrogen and oxygen atoms in total. The van der Waals surface area contributed by atoms with E-state index in [1.807, 2.05) is 38.1 Å². The second-order valence-electron chi connectivity index (χ2n) is 7.46. The molecule has 0 radical (unpaired) electrons. The Morgan fingerprint density at radius 1 is 1.22 bits per heavy atom. The van der Waals surface area contributed by atoms with Gasteiger partial charge in [-0.05, 0) is 60.9 Å². The Morgan fingerprint density at radius 2 is 1.96 bits per heavy atom. The van der Waals surface area contributed by atoms with Crippen LogP contribution in [0.1, 0.15) is 24.5 Å². The predicted molar refractivity (Wildman–Crippen MR) is 109 cm³/mol. The first-order valence-electron chi connectivity index (χ1n) is 9.08. The number of amides is 1. The molecule has 5 N–H and O–H groups in total. The molecule has 0 unspecified atom stereocenters. The number of pyridine rings is 2. The normalized spacial score (nSPS) is 18.5. The number of rotatable bonds is 3. The summed E-state index contributed by atoms with van der Waals surface area (Å²) < 4.78 is 0. The van der Waals surface area contributed by atoms with E-state index in [-0.39, 0.29) is 11.8 Å². The molecule has 2 atom stereocenters.